The molecule has 0 amide bonds. The topological polar surface area (TPSA) is 79.5 Å². The highest BCUT2D eigenvalue weighted by atomic mass is 16.5. The summed E-state index contributed by atoms with van der Waals surface area (Å²) in [5.41, 5.74) is 9.83. The van der Waals surface area contributed by atoms with E-state index in [1.165, 1.54) is 38.4 Å². The number of imidazole rings is 2. The van der Waals surface area contributed by atoms with Crippen molar-refractivity contribution in [2.24, 2.45) is 0 Å². The standard InChI is InChI=1S/C34H29N5O/c1-17(2)33-36-28-10-9-25-22-7-5-19(13-21(22)16-40-32(25)31(28)39-33)20-6-8-24-26(14-20)23-11-12-35-15-27(23)30-29(24)37-34(38-30)18(3)4/h5-15,17-18H,16H2,1-4H3,(H,36,39)(H,37,38). The van der Waals surface area contributed by atoms with Crippen molar-refractivity contribution in [3.05, 3.63) is 84.2 Å². The van der Waals surface area contributed by atoms with Gasteiger partial charge in [0.25, 0.3) is 0 Å². The van der Waals surface area contributed by atoms with Crippen LogP contribution in [0.3, 0.4) is 0 Å². The molecule has 40 heavy (non-hydrogen) atoms. The second kappa shape index (κ2) is 8.39. The largest absolute Gasteiger partial charge is 0.486 e. The summed E-state index contributed by atoms with van der Waals surface area (Å²) in [4.78, 5) is 21.3. The molecule has 0 atom stereocenters. The van der Waals surface area contributed by atoms with Gasteiger partial charge < -0.3 is 14.7 Å². The van der Waals surface area contributed by atoms with Crippen LogP contribution in [0.15, 0.2) is 67.0 Å². The molecule has 0 fully saturated rings. The number of ether oxygens (including phenoxy) is 1. The fourth-order valence-electron chi connectivity index (χ4n) is 6.04. The quantitative estimate of drug-likeness (QED) is 0.227. The van der Waals surface area contributed by atoms with E-state index in [1.54, 1.807) is 0 Å². The highest BCUT2D eigenvalue weighted by molar-refractivity contribution is 6.23. The Morgan fingerprint density at radius 2 is 1.45 bits per heavy atom. The van der Waals surface area contributed by atoms with Gasteiger partial charge in [0.2, 0.25) is 0 Å². The number of rotatable bonds is 3. The molecule has 0 aliphatic carbocycles. The van der Waals surface area contributed by atoms with E-state index in [9.17, 15) is 0 Å². The molecule has 0 radical (unpaired) electrons. The molecule has 8 rings (SSSR count). The van der Waals surface area contributed by atoms with E-state index in [4.69, 9.17) is 14.7 Å². The van der Waals surface area contributed by atoms with Gasteiger partial charge in [-0.3, -0.25) is 4.98 Å². The molecule has 6 nitrogen and oxygen atoms in total. The Kier molecular flexibility index (Phi) is 4.87. The van der Waals surface area contributed by atoms with Crippen LogP contribution in [0.25, 0.3) is 65.9 Å². The summed E-state index contributed by atoms with van der Waals surface area (Å²) < 4.78 is 6.34. The first kappa shape index (κ1) is 23.2. The molecule has 1 aliphatic heterocycles. The van der Waals surface area contributed by atoms with E-state index in [-0.39, 0.29) is 0 Å². The number of hydrogen-bond acceptors (Lipinski definition) is 4. The summed E-state index contributed by atoms with van der Waals surface area (Å²) >= 11 is 0. The van der Waals surface area contributed by atoms with Gasteiger partial charge in [0.15, 0.2) is 5.75 Å². The van der Waals surface area contributed by atoms with Crippen LogP contribution in [0.2, 0.25) is 0 Å². The van der Waals surface area contributed by atoms with Crippen LogP contribution < -0.4 is 4.74 Å². The second-order valence-electron chi connectivity index (χ2n) is 11.5. The van der Waals surface area contributed by atoms with Crippen molar-refractivity contribution < 1.29 is 4.74 Å². The van der Waals surface area contributed by atoms with Crippen LogP contribution in [-0.2, 0) is 6.61 Å². The molecule has 4 aromatic carbocycles. The number of fused-ring (bicyclic) bond motifs is 11. The van der Waals surface area contributed by atoms with E-state index in [0.29, 0.717) is 18.4 Å². The third-order valence-corrected chi connectivity index (χ3v) is 8.20. The maximum absolute atomic E-state index is 6.34. The highest BCUT2D eigenvalue weighted by Gasteiger charge is 2.23. The number of benzene rings is 4. The molecule has 0 spiro atoms. The van der Waals surface area contributed by atoms with Gasteiger partial charge in [-0.1, -0.05) is 52.0 Å². The Morgan fingerprint density at radius 3 is 2.30 bits per heavy atom. The van der Waals surface area contributed by atoms with E-state index in [1.807, 2.05) is 12.4 Å². The number of nitrogens with zero attached hydrogens (tertiary/aromatic N) is 3. The molecule has 4 heterocycles. The molecule has 1 aliphatic rings. The van der Waals surface area contributed by atoms with Crippen molar-refractivity contribution in [1.29, 1.82) is 0 Å². The zero-order valence-corrected chi connectivity index (χ0v) is 23.0. The van der Waals surface area contributed by atoms with Crippen LogP contribution in [0.1, 0.15) is 56.7 Å². The van der Waals surface area contributed by atoms with Gasteiger partial charge in [0.1, 0.15) is 23.8 Å². The number of pyridine rings is 1. The van der Waals surface area contributed by atoms with Crippen LogP contribution in [-0.4, -0.2) is 24.9 Å². The van der Waals surface area contributed by atoms with Gasteiger partial charge in [-0.2, -0.15) is 0 Å². The van der Waals surface area contributed by atoms with Crippen molar-refractivity contribution in [1.82, 2.24) is 24.9 Å². The molecule has 7 aromatic rings. The summed E-state index contributed by atoms with van der Waals surface area (Å²) in [5.74, 6) is 3.51. The SMILES string of the molecule is CC(C)c1nc2c3c(ccc2[nH]1)-c1ccc(-c2ccc4c(c2)c2ccncc2c2nc(C(C)C)[nH]c42)cc1CO3. The van der Waals surface area contributed by atoms with Gasteiger partial charge in [0, 0.05) is 40.6 Å². The fourth-order valence-corrected chi connectivity index (χ4v) is 6.04. The summed E-state index contributed by atoms with van der Waals surface area (Å²) in [7, 11) is 0. The Morgan fingerprint density at radius 1 is 0.700 bits per heavy atom. The number of H-pyrrole nitrogens is 2. The van der Waals surface area contributed by atoms with Crippen molar-refractivity contribution in [3.63, 3.8) is 0 Å². The van der Waals surface area contributed by atoms with Crippen LogP contribution in [0.4, 0.5) is 0 Å². The normalized spacial score (nSPS) is 13.1. The Bertz CT molecular complexity index is 2130. The highest BCUT2D eigenvalue weighted by Crippen LogP contribution is 2.43. The van der Waals surface area contributed by atoms with Gasteiger partial charge in [-0.05, 0) is 63.4 Å². The Hall–Kier alpha value is -4.71. The molecule has 0 unspecified atom stereocenters. The molecule has 196 valence electrons. The first-order chi connectivity index (χ1) is 19.5. The third kappa shape index (κ3) is 3.32. The number of nitrogens with one attached hydrogen (secondary N) is 2. The van der Waals surface area contributed by atoms with Crippen molar-refractivity contribution in [2.75, 3.05) is 0 Å². The molecular formula is C34H29N5O. The summed E-state index contributed by atoms with van der Waals surface area (Å²) in [6.07, 6.45) is 3.80. The lowest BCUT2D eigenvalue weighted by Crippen LogP contribution is -2.06. The van der Waals surface area contributed by atoms with Gasteiger partial charge in [-0.25, -0.2) is 9.97 Å². The van der Waals surface area contributed by atoms with E-state index in [0.717, 1.165) is 50.4 Å². The average Bonchev–Trinajstić information content (AvgIpc) is 3.63. The first-order valence-corrected chi connectivity index (χ1v) is 13.9. The molecule has 3 aromatic heterocycles. The zero-order valence-electron chi connectivity index (χ0n) is 23.0. The van der Waals surface area contributed by atoms with Crippen molar-refractivity contribution in [2.45, 2.75) is 46.1 Å². The minimum absolute atomic E-state index is 0.317. The Balaban J connectivity index is 1.27. The predicted octanol–water partition coefficient (Wildman–Crippen LogP) is 8.61. The van der Waals surface area contributed by atoms with E-state index < -0.39 is 0 Å². The summed E-state index contributed by atoms with van der Waals surface area (Å²) in [5, 5.41) is 4.62. The Labute approximate surface area is 231 Å². The van der Waals surface area contributed by atoms with E-state index >= 15 is 0 Å². The molecule has 0 bridgehead atoms. The van der Waals surface area contributed by atoms with E-state index in [2.05, 4.69) is 97.2 Å². The molecule has 0 saturated carbocycles. The first-order valence-electron chi connectivity index (χ1n) is 13.9. The van der Waals surface area contributed by atoms with Crippen LogP contribution in [0, 0.1) is 0 Å². The van der Waals surface area contributed by atoms with Gasteiger partial charge in [-0.15, -0.1) is 0 Å². The lowest BCUT2D eigenvalue weighted by atomic mass is 9.91. The molecule has 6 heteroatoms. The van der Waals surface area contributed by atoms with Crippen LogP contribution >= 0.6 is 0 Å². The fraction of sp³-hybridized carbons (Fsp3) is 0.206. The number of aromatic amines is 2. The van der Waals surface area contributed by atoms with Crippen LogP contribution in [0.5, 0.6) is 5.75 Å². The van der Waals surface area contributed by atoms with Crippen molar-refractivity contribution in [3.8, 4) is 28.0 Å². The molecular weight excluding hydrogens is 494 g/mol. The summed E-state index contributed by atoms with van der Waals surface area (Å²) in [6, 6.07) is 19.8. The minimum atomic E-state index is 0.317. The average molecular weight is 524 g/mol. The second-order valence-corrected chi connectivity index (χ2v) is 11.5. The number of aromatic nitrogens is 5. The van der Waals surface area contributed by atoms with Gasteiger partial charge in [0.05, 0.1) is 16.6 Å². The summed E-state index contributed by atoms with van der Waals surface area (Å²) in [6.45, 7) is 9.14. The monoisotopic (exact) mass is 523 g/mol. The molecule has 0 saturated heterocycles. The smallest absolute Gasteiger partial charge is 0.155 e. The number of hydrogen-bond donors (Lipinski definition) is 2. The van der Waals surface area contributed by atoms with Gasteiger partial charge >= 0.3 is 0 Å². The lowest BCUT2D eigenvalue weighted by Gasteiger charge is -2.22. The molecule has 2 N–H and O–H groups in total. The maximum atomic E-state index is 6.34. The van der Waals surface area contributed by atoms with Crippen molar-refractivity contribution >= 4 is 43.6 Å². The maximum Gasteiger partial charge on any atom is 0.155 e. The lowest BCUT2D eigenvalue weighted by molar-refractivity contribution is 0.305. The third-order valence-electron chi connectivity index (χ3n) is 8.20. The predicted molar refractivity (Wildman–Crippen MR) is 162 cm³/mol. The minimum Gasteiger partial charge on any atom is -0.486 e. The zero-order chi connectivity index (χ0) is 27.1.